The Kier molecular flexibility index (Phi) is 6.15. The molecule has 100 valence electrons. The Hall–Kier alpha value is -1.07. The Balaban J connectivity index is 2.53. The van der Waals surface area contributed by atoms with Gasteiger partial charge in [0.25, 0.3) is 5.69 Å². The van der Waals surface area contributed by atoms with Crippen molar-refractivity contribution in [1.82, 2.24) is 5.32 Å². The van der Waals surface area contributed by atoms with Crippen LogP contribution in [-0.4, -0.2) is 23.0 Å². The monoisotopic (exact) mass is 268 g/mol. The van der Waals surface area contributed by atoms with Crippen molar-refractivity contribution in [2.24, 2.45) is 0 Å². The Morgan fingerprint density at radius 2 is 2.17 bits per heavy atom. The molecule has 1 aromatic rings. The highest BCUT2D eigenvalue weighted by molar-refractivity contribution is 7.99. The second-order valence-electron chi connectivity index (χ2n) is 4.36. The first-order valence-electron chi connectivity index (χ1n) is 6.05. The lowest BCUT2D eigenvalue weighted by Gasteiger charge is -2.15. The van der Waals surface area contributed by atoms with Gasteiger partial charge in [-0.05, 0) is 31.7 Å². The lowest BCUT2D eigenvalue weighted by molar-refractivity contribution is -0.384. The summed E-state index contributed by atoms with van der Waals surface area (Å²) in [6, 6.07) is 6.94. The molecule has 0 aliphatic rings. The number of thioether (sulfide) groups is 1. The molecule has 5 heteroatoms. The van der Waals surface area contributed by atoms with E-state index in [4.69, 9.17) is 0 Å². The highest BCUT2D eigenvalue weighted by Crippen LogP contribution is 2.19. The SMILES string of the molecule is CSC(C)CCNC(C)c1cccc([N+](=O)[O-])c1. The lowest BCUT2D eigenvalue weighted by Crippen LogP contribution is -2.21. The fourth-order valence-corrected chi connectivity index (χ4v) is 2.00. The van der Waals surface area contributed by atoms with E-state index < -0.39 is 0 Å². The predicted octanol–water partition coefficient (Wildman–Crippen LogP) is 3.39. The fourth-order valence-electron chi connectivity index (χ4n) is 1.65. The summed E-state index contributed by atoms with van der Waals surface area (Å²) in [7, 11) is 0. The van der Waals surface area contributed by atoms with E-state index in [0.29, 0.717) is 5.25 Å². The molecule has 1 N–H and O–H groups in total. The molecule has 0 aliphatic heterocycles. The summed E-state index contributed by atoms with van der Waals surface area (Å²) in [6.45, 7) is 5.15. The number of hydrogen-bond donors (Lipinski definition) is 1. The van der Waals surface area contributed by atoms with Gasteiger partial charge < -0.3 is 5.32 Å². The van der Waals surface area contributed by atoms with E-state index >= 15 is 0 Å². The van der Waals surface area contributed by atoms with Crippen molar-refractivity contribution < 1.29 is 4.92 Å². The molecule has 0 aromatic heterocycles. The molecule has 4 nitrogen and oxygen atoms in total. The second kappa shape index (κ2) is 7.38. The summed E-state index contributed by atoms with van der Waals surface area (Å²) in [4.78, 5) is 10.3. The lowest BCUT2D eigenvalue weighted by atomic mass is 10.1. The van der Waals surface area contributed by atoms with Crippen LogP contribution in [0.5, 0.6) is 0 Å². The molecule has 0 amide bonds. The van der Waals surface area contributed by atoms with Crippen molar-refractivity contribution in [3.63, 3.8) is 0 Å². The van der Waals surface area contributed by atoms with Crippen molar-refractivity contribution in [3.05, 3.63) is 39.9 Å². The van der Waals surface area contributed by atoms with Gasteiger partial charge in [0.1, 0.15) is 0 Å². The van der Waals surface area contributed by atoms with Crippen molar-refractivity contribution >= 4 is 17.4 Å². The first-order chi connectivity index (χ1) is 8.54. The molecular formula is C13H20N2O2S. The summed E-state index contributed by atoms with van der Waals surface area (Å²) in [5.74, 6) is 0. The predicted molar refractivity (Wildman–Crippen MR) is 77.1 cm³/mol. The Labute approximate surface area is 112 Å². The summed E-state index contributed by atoms with van der Waals surface area (Å²) in [6.07, 6.45) is 3.20. The Morgan fingerprint density at radius 3 is 2.78 bits per heavy atom. The maximum absolute atomic E-state index is 10.7. The standard InChI is InChI=1S/C13H20N2O2S/c1-10(18-3)7-8-14-11(2)12-5-4-6-13(9-12)15(16)17/h4-6,9-11,14H,7-8H2,1-3H3. The molecule has 0 fully saturated rings. The summed E-state index contributed by atoms with van der Waals surface area (Å²) in [5, 5.41) is 14.7. The first kappa shape index (κ1) is 15.0. The molecule has 1 aromatic carbocycles. The molecule has 0 aliphatic carbocycles. The average molecular weight is 268 g/mol. The third kappa shape index (κ3) is 4.66. The summed E-state index contributed by atoms with van der Waals surface area (Å²) < 4.78 is 0. The van der Waals surface area contributed by atoms with Gasteiger partial charge in [-0.25, -0.2) is 0 Å². The number of hydrogen-bond acceptors (Lipinski definition) is 4. The number of nitrogens with one attached hydrogen (secondary N) is 1. The van der Waals surface area contributed by atoms with Crippen LogP contribution in [0.15, 0.2) is 24.3 Å². The smallest absolute Gasteiger partial charge is 0.269 e. The van der Waals surface area contributed by atoms with Crippen LogP contribution >= 0.6 is 11.8 Å². The maximum Gasteiger partial charge on any atom is 0.269 e. The largest absolute Gasteiger partial charge is 0.310 e. The van der Waals surface area contributed by atoms with Crippen molar-refractivity contribution in [2.45, 2.75) is 31.6 Å². The van der Waals surface area contributed by atoms with E-state index in [0.717, 1.165) is 18.5 Å². The van der Waals surface area contributed by atoms with E-state index in [1.54, 1.807) is 12.1 Å². The second-order valence-corrected chi connectivity index (χ2v) is 5.64. The quantitative estimate of drug-likeness (QED) is 0.608. The maximum atomic E-state index is 10.7. The molecule has 1 rings (SSSR count). The molecule has 2 atom stereocenters. The van der Waals surface area contributed by atoms with Gasteiger partial charge in [0.2, 0.25) is 0 Å². The zero-order chi connectivity index (χ0) is 13.5. The number of rotatable bonds is 7. The Bertz CT molecular complexity index is 398. The van der Waals surface area contributed by atoms with Gasteiger partial charge >= 0.3 is 0 Å². The van der Waals surface area contributed by atoms with Crippen LogP contribution in [0.3, 0.4) is 0 Å². The molecule has 0 radical (unpaired) electrons. The number of nitro benzene ring substituents is 1. The normalized spacial score (nSPS) is 14.2. The zero-order valence-corrected chi connectivity index (χ0v) is 11.9. The molecule has 0 saturated heterocycles. The number of benzene rings is 1. The van der Waals surface area contributed by atoms with Gasteiger partial charge in [0, 0.05) is 23.4 Å². The summed E-state index contributed by atoms with van der Waals surface area (Å²) in [5.41, 5.74) is 1.11. The van der Waals surface area contributed by atoms with Gasteiger partial charge in [-0.3, -0.25) is 10.1 Å². The van der Waals surface area contributed by atoms with Gasteiger partial charge in [0.15, 0.2) is 0 Å². The molecule has 0 heterocycles. The Morgan fingerprint density at radius 1 is 1.44 bits per heavy atom. The fraction of sp³-hybridized carbons (Fsp3) is 0.538. The van der Waals surface area contributed by atoms with Crippen molar-refractivity contribution in [1.29, 1.82) is 0 Å². The highest BCUT2D eigenvalue weighted by atomic mass is 32.2. The highest BCUT2D eigenvalue weighted by Gasteiger charge is 2.10. The van der Waals surface area contributed by atoms with Crippen LogP contribution in [-0.2, 0) is 0 Å². The van der Waals surface area contributed by atoms with Crippen molar-refractivity contribution in [2.75, 3.05) is 12.8 Å². The van der Waals surface area contributed by atoms with Crippen LogP contribution in [0.25, 0.3) is 0 Å². The molecule has 0 bridgehead atoms. The average Bonchev–Trinajstić information content (AvgIpc) is 2.38. The van der Waals surface area contributed by atoms with Crippen LogP contribution < -0.4 is 5.32 Å². The minimum Gasteiger partial charge on any atom is -0.310 e. The molecule has 0 saturated carbocycles. The van der Waals surface area contributed by atoms with Gasteiger partial charge in [-0.15, -0.1) is 0 Å². The topological polar surface area (TPSA) is 55.2 Å². The van der Waals surface area contributed by atoms with Crippen LogP contribution in [0.1, 0.15) is 31.9 Å². The van der Waals surface area contributed by atoms with E-state index in [-0.39, 0.29) is 16.7 Å². The minimum absolute atomic E-state index is 0.138. The van der Waals surface area contributed by atoms with Crippen LogP contribution in [0.2, 0.25) is 0 Å². The summed E-state index contributed by atoms with van der Waals surface area (Å²) >= 11 is 1.85. The molecule has 2 unspecified atom stereocenters. The van der Waals surface area contributed by atoms with Crippen molar-refractivity contribution in [3.8, 4) is 0 Å². The third-order valence-electron chi connectivity index (χ3n) is 2.98. The van der Waals surface area contributed by atoms with E-state index in [9.17, 15) is 10.1 Å². The number of non-ortho nitro benzene ring substituents is 1. The first-order valence-corrected chi connectivity index (χ1v) is 7.34. The van der Waals surface area contributed by atoms with Crippen LogP contribution in [0, 0.1) is 10.1 Å². The zero-order valence-electron chi connectivity index (χ0n) is 11.1. The molecule has 0 spiro atoms. The minimum atomic E-state index is -0.355. The van der Waals surface area contributed by atoms with Gasteiger partial charge in [-0.1, -0.05) is 19.1 Å². The third-order valence-corrected chi connectivity index (χ3v) is 4.03. The molecular weight excluding hydrogens is 248 g/mol. The van der Waals surface area contributed by atoms with E-state index in [2.05, 4.69) is 18.5 Å². The van der Waals surface area contributed by atoms with E-state index in [1.165, 1.54) is 6.07 Å². The van der Waals surface area contributed by atoms with Crippen LogP contribution in [0.4, 0.5) is 5.69 Å². The molecule has 18 heavy (non-hydrogen) atoms. The number of nitro groups is 1. The number of nitrogens with zero attached hydrogens (tertiary/aromatic N) is 1. The van der Waals surface area contributed by atoms with Gasteiger partial charge in [-0.2, -0.15) is 11.8 Å². The van der Waals surface area contributed by atoms with E-state index in [1.807, 2.05) is 24.8 Å². The van der Waals surface area contributed by atoms with Gasteiger partial charge in [0.05, 0.1) is 4.92 Å².